The summed E-state index contributed by atoms with van der Waals surface area (Å²) in [7, 11) is -9.43. The zero-order chi connectivity index (χ0) is 49.2. The van der Waals surface area contributed by atoms with Crippen LogP contribution in [0.4, 0.5) is 33.6 Å². The van der Waals surface area contributed by atoms with Crippen LogP contribution in [0.2, 0.25) is 0 Å². The Kier molecular flexibility index (Phi) is 13.0. The number of hydrogen-bond acceptors (Lipinski definition) is 18. The minimum atomic E-state index is -5.15. The average molecular weight is 992 g/mol. The lowest BCUT2D eigenvalue weighted by atomic mass is 10.1. The zero-order valence-corrected chi connectivity index (χ0v) is 37.8. The van der Waals surface area contributed by atoms with Gasteiger partial charge in [-0.05, 0) is 73.5 Å². The van der Waals surface area contributed by atoms with Crippen LogP contribution >= 0.6 is 11.3 Å². The van der Waals surface area contributed by atoms with Crippen LogP contribution in [0.15, 0.2) is 145 Å². The van der Waals surface area contributed by atoms with Crippen molar-refractivity contribution < 1.29 is 60.7 Å². The number of hydrogen-bond donors (Lipinski definition) is 6. The number of phenolic OH excluding ortho intramolecular Hbond substituents is 1. The number of carbonyl (C=O) groups is 2. The van der Waals surface area contributed by atoms with Crippen LogP contribution in [-0.2, 0) is 20.2 Å². The number of aromatic carboxylic acids is 2. The van der Waals surface area contributed by atoms with Crippen LogP contribution in [0, 0.1) is 6.92 Å². The molecule has 0 radical (unpaired) electrons. The molecule has 6 N–H and O–H groups in total. The van der Waals surface area contributed by atoms with Gasteiger partial charge in [0, 0.05) is 22.4 Å². The van der Waals surface area contributed by atoms with Gasteiger partial charge in [-0.15, -0.1) is 30.7 Å². The van der Waals surface area contributed by atoms with Crippen LogP contribution in [0.3, 0.4) is 0 Å². The van der Waals surface area contributed by atoms with Gasteiger partial charge < -0.3 is 25.2 Å². The third-order valence-electron chi connectivity index (χ3n) is 10.0. The molecule has 0 bridgehead atoms. The number of azo groups is 3. The number of aromatic hydroxyl groups is 2. The van der Waals surface area contributed by atoms with E-state index in [-0.39, 0.29) is 58.0 Å². The Labute approximate surface area is 393 Å². The fourth-order valence-corrected chi connectivity index (χ4v) is 8.91. The van der Waals surface area contributed by atoms with E-state index in [9.17, 15) is 56.0 Å². The summed E-state index contributed by atoms with van der Waals surface area (Å²) < 4.78 is 76.0. The largest absolute Gasteiger partial charge is 0.505 e. The van der Waals surface area contributed by atoms with Crippen LogP contribution in [0.25, 0.3) is 37.9 Å². The monoisotopic (exact) mass is 991 g/mol. The Morgan fingerprint density at radius 3 is 2.03 bits per heavy atom. The van der Waals surface area contributed by atoms with Crippen molar-refractivity contribution in [3.05, 3.63) is 126 Å². The smallest absolute Gasteiger partial charge is 0.335 e. The number of carboxylic acid groups (broad SMARTS) is 2. The molecule has 0 aliphatic carbocycles. The number of benzene rings is 6. The number of para-hydroxylation sites is 1. The molecule has 0 atom stereocenters. The van der Waals surface area contributed by atoms with E-state index in [1.807, 2.05) is 24.3 Å². The molecule has 2 heterocycles. The molecule has 8 rings (SSSR count). The number of aromatic nitrogens is 3. The van der Waals surface area contributed by atoms with Crippen molar-refractivity contribution in [1.29, 1.82) is 0 Å². The van der Waals surface area contributed by atoms with Gasteiger partial charge in [0.05, 0.1) is 45.1 Å². The van der Waals surface area contributed by atoms with Crippen molar-refractivity contribution in [2.75, 3.05) is 12.4 Å². The van der Waals surface area contributed by atoms with Crippen molar-refractivity contribution >= 4 is 98.1 Å². The maximum Gasteiger partial charge on any atom is 0.335 e. The third kappa shape index (κ3) is 10.5. The second-order valence-electron chi connectivity index (χ2n) is 14.8. The second kappa shape index (κ2) is 19.1. The normalized spacial score (nSPS) is 12.3. The molecular weight excluding hydrogens is 959 g/mol. The highest BCUT2D eigenvalue weighted by molar-refractivity contribution is 7.86. The first-order valence-corrected chi connectivity index (χ1v) is 23.8. The second-order valence-corrected chi connectivity index (χ2v) is 18.7. The van der Waals surface area contributed by atoms with Crippen LogP contribution < -0.4 is 4.74 Å². The van der Waals surface area contributed by atoms with E-state index in [1.54, 1.807) is 43.3 Å². The quantitative estimate of drug-likeness (QED) is 0.0298. The van der Waals surface area contributed by atoms with Crippen LogP contribution in [0.1, 0.15) is 32.7 Å². The van der Waals surface area contributed by atoms with E-state index in [0.717, 1.165) is 39.2 Å². The first-order valence-electron chi connectivity index (χ1n) is 19.9. The molecule has 0 saturated heterocycles. The molecule has 25 heteroatoms. The summed E-state index contributed by atoms with van der Waals surface area (Å²) >= 11 is 1.33. The number of phenols is 1. The van der Waals surface area contributed by atoms with E-state index in [1.165, 1.54) is 35.6 Å². The minimum absolute atomic E-state index is 0.0401. The lowest BCUT2D eigenvalue weighted by molar-refractivity contribution is 0.0696. The van der Waals surface area contributed by atoms with Gasteiger partial charge in [0.1, 0.15) is 33.4 Å². The molecule has 0 aliphatic heterocycles. The summed E-state index contributed by atoms with van der Waals surface area (Å²) in [6.07, 6.45) is -0.0909. The topological polar surface area (TPSA) is 338 Å². The first-order chi connectivity index (χ1) is 32.8. The Morgan fingerprint density at radius 2 is 1.35 bits per heavy atom. The van der Waals surface area contributed by atoms with Gasteiger partial charge in [-0.2, -0.15) is 26.6 Å². The predicted molar refractivity (Wildman–Crippen MR) is 250 cm³/mol. The highest BCUT2D eigenvalue weighted by atomic mass is 32.2. The maximum absolute atomic E-state index is 13.0. The summed E-state index contributed by atoms with van der Waals surface area (Å²) in [6, 6.07) is 26.5. The van der Waals surface area contributed by atoms with E-state index < -0.39 is 71.3 Å². The van der Waals surface area contributed by atoms with Crippen molar-refractivity contribution in [3.8, 4) is 34.3 Å². The third-order valence-corrected chi connectivity index (χ3v) is 12.7. The lowest BCUT2D eigenvalue weighted by Gasteiger charge is -2.11. The van der Waals surface area contributed by atoms with Crippen molar-refractivity contribution in [2.24, 2.45) is 30.7 Å². The summed E-state index contributed by atoms with van der Waals surface area (Å²) in [5.41, 5.74) is 0.0409. The van der Waals surface area contributed by atoms with Gasteiger partial charge in [-0.3, -0.25) is 9.11 Å². The van der Waals surface area contributed by atoms with E-state index in [4.69, 9.17) is 4.74 Å². The van der Waals surface area contributed by atoms with Gasteiger partial charge in [-0.25, -0.2) is 14.6 Å². The average Bonchev–Trinajstić information content (AvgIpc) is 3.88. The molecule has 2 aromatic heterocycles. The fourth-order valence-electron chi connectivity index (χ4n) is 6.81. The highest BCUT2D eigenvalue weighted by Crippen LogP contribution is 2.45. The van der Waals surface area contributed by atoms with Gasteiger partial charge in [0.2, 0.25) is 11.0 Å². The highest BCUT2D eigenvalue weighted by Gasteiger charge is 2.25. The van der Waals surface area contributed by atoms with Crippen LogP contribution in [0.5, 0.6) is 17.4 Å². The first kappa shape index (κ1) is 47.1. The molecule has 8 aromatic rings. The molecular formula is C44H33N9O13S3. The van der Waals surface area contributed by atoms with Crippen LogP contribution in [-0.4, -0.2) is 85.4 Å². The Morgan fingerprint density at radius 1 is 0.710 bits per heavy atom. The number of ether oxygens (including phenoxy) is 1. The zero-order valence-electron chi connectivity index (χ0n) is 35.3. The fraction of sp³-hybridized carbons (Fsp3) is 0.0909. The Balaban J connectivity index is 1.15. The number of carboxylic acids is 2. The SMILES string of the molecule is Cc1cc(N=Nc2ccc3c(S(=O)(=O)O)c(N=Nc4c(-c5ccccc5)nn(-c5cc(C(=O)O)cc(C(=O)O)c5)c4O)ccc3c2O)c(OCCCS(=O)(=O)O)cc1N=Nc1nc2ccccc2s1. The molecule has 0 aliphatic rings. The standard InChI is InChI=1S/C44H33N9O13S3/c1-23-18-34(35(66-16-7-17-68(60,61)62)22-33(23)48-51-44-45-30-10-5-6-11-36(30)67-44)49-46-31-14-13-29-28(39(31)54)12-15-32(40(29)69(63,64)65)47-50-38-37(24-8-3-2-4-9-24)52-53(41(38)55)27-20-25(42(56)57)19-26(21-27)43(58)59/h2-6,8-15,18-22,54-55H,7,16-17H2,1H3,(H,56,57)(H,58,59)(H,60,61,62)(H,63,64,65). The number of fused-ring (bicyclic) bond motifs is 2. The molecule has 6 aromatic carbocycles. The van der Waals surface area contributed by atoms with Gasteiger partial charge in [0.25, 0.3) is 20.2 Å². The molecule has 0 saturated carbocycles. The molecule has 0 amide bonds. The van der Waals surface area contributed by atoms with Crippen molar-refractivity contribution in [3.63, 3.8) is 0 Å². The Hall–Kier alpha value is -8.36. The number of aryl methyl sites for hydroxylation is 1. The molecule has 0 spiro atoms. The number of thiazole rings is 1. The maximum atomic E-state index is 13.0. The number of rotatable bonds is 16. The molecule has 22 nitrogen and oxygen atoms in total. The van der Waals surface area contributed by atoms with Crippen molar-refractivity contribution in [2.45, 2.75) is 18.2 Å². The lowest BCUT2D eigenvalue weighted by Crippen LogP contribution is -2.08. The molecule has 0 unspecified atom stereocenters. The summed E-state index contributed by atoms with van der Waals surface area (Å²) in [4.78, 5) is 27.4. The van der Waals surface area contributed by atoms with Gasteiger partial charge >= 0.3 is 11.9 Å². The molecule has 350 valence electrons. The van der Waals surface area contributed by atoms with E-state index in [2.05, 4.69) is 40.8 Å². The predicted octanol–water partition coefficient (Wildman–Crippen LogP) is 10.6. The van der Waals surface area contributed by atoms with Gasteiger partial charge in [-0.1, -0.05) is 59.9 Å². The Bertz CT molecular complexity index is 3620. The summed E-state index contributed by atoms with van der Waals surface area (Å²) in [5, 5.41) is 71.8. The van der Waals surface area contributed by atoms with Crippen molar-refractivity contribution in [1.82, 2.24) is 14.8 Å². The van der Waals surface area contributed by atoms with E-state index >= 15 is 0 Å². The van der Waals surface area contributed by atoms with E-state index in [0.29, 0.717) is 21.9 Å². The summed E-state index contributed by atoms with van der Waals surface area (Å²) in [6.45, 7) is 1.53. The number of nitrogens with zero attached hydrogens (tertiary/aromatic N) is 9. The molecule has 69 heavy (non-hydrogen) atoms. The minimum Gasteiger partial charge on any atom is -0.505 e. The molecule has 0 fully saturated rings. The summed E-state index contributed by atoms with van der Waals surface area (Å²) in [5.74, 6) is -4.74. The van der Waals surface area contributed by atoms with Gasteiger partial charge in [0.15, 0.2) is 11.4 Å².